The van der Waals surface area contributed by atoms with Gasteiger partial charge in [-0.05, 0) is 38.0 Å². The fourth-order valence-corrected chi connectivity index (χ4v) is 1.64. The molecule has 1 N–H and O–H groups in total. The van der Waals surface area contributed by atoms with E-state index in [0.717, 1.165) is 15.8 Å². The summed E-state index contributed by atoms with van der Waals surface area (Å²) in [6, 6.07) is 5.81. The van der Waals surface area contributed by atoms with Gasteiger partial charge in [0, 0.05) is 10.9 Å². The van der Waals surface area contributed by atoms with Crippen LogP contribution in [-0.4, -0.2) is 17.2 Å². The Morgan fingerprint density at radius 3 is 2.88 bits per heavy atom. The molecule has 0 aliphatic rings. The maximum Gasteiger partial charge on any atom is 0.303 e. The summed E-state index contributed by atoms with van der Waals surface area (Å²) in [4.78, 5) is 10.4. The van der Waals surface area contributed by atoms with Crippen LogP contribution in [0.3, 0.4) is 0 Å². The molecule has 0 radical (unpaired) electrons. The lowest BCUT2D eigenvalue weighted by atomic mass is 10.2. The first kappa shape index (κ1) is 13.0. The van der Waals surface area contributed by atoms with E-state index in [1.165, 1.54) is 0 Å². The molecule has 0 aliphatic heterocycles. The molecule has 0 spiro atoms. The van der Waals surface area contributed by atoms with Crippen LogP contribution >= 0.6 is 15.9 Å². The lowest BCUT2D eigenvalue weighted by molar-refractivity contribution is -0.137. The summed E-state index contributed by atoms with van der Waals surface area (Å²) in [5.41, 5.74) is 1.05. The summed E-state index contributed by atoms with van der Waals surface area (Å²) in [7, 11) is 0. The second-order valence-electron chi connectivity index (χ2n) is 3.77. The molecule has 1 unspecified atom stereocenters. The van der Waals surface area contributed by atoms with Gasteiger partial charge in [0.05, 0.1) is 6.10 Å². The monoisotopic (exact) mass is 286 g/mol. The lowest BCUT2D eigenvalue weighted by Gasteiger charge is -2.15. The maximum atomic E-state index is 10.4. The van der Waals surface area contributed by atoms with Crippen LogP contribution in [0.15, 0.2) is 22.7 Å². The predicted octanol–water partition coefficient (Wildman–Crippen LogP) is 3.39. The molecule has 88 valence electrons. The molecule has 1 aromatic rings. The minimum atomic E-state index is -0.790. The Kier molecular flexibility index (Phi) is 4.80. The first-order chi connectivity index (χ1) is 7.49. The lowest BCUT2D eigenvalue weighted by Crippen LogP contribution is -2.14. The van der Waals surface area contributed by atoms with E-state index in [2.05, 4.69) is 15.9 Å². The maximum absolute atomic E-state index is 10.4. The normalized spacial score (nSPS) is 12.2. The zero-order chi connectivity index (χ0) is 12.1. The number of rotatable bonds is 5. The number of halogens is 1. The number of benzene rings is 1. The van der Waals surface area contributed by atoms with Crippen molar-refractivity contribution >= 4 is 21.9 Å². The quantitative estimate of drug-likeness (QED) is 0.903. The van der Waals surface area contributed by atoms with Crippen LogP contribution in [0.5, 0.6) is 5.75 Å². The van der Waals surface area contributed by atoms with Crippen molar-refractivity contribution in [2.75, 3.05) is 0 Å². The Labute approximate surface area is 104 Å². The number of aliphatic carboxylic acids is 1. The van der Waals surface area contributed by atoms with Crippen molar-refractivity contribution in [3.8, 4) is 5.75 Å². The molecular weight excluding hydrogens is 272 g/mol. The highest BCUT2D eigenvalue weighted by Gasteiger charge is 2.08. The molecular formula is C12H15BrO3. The largest absolute Gasteiger partial charge is 0.490 e. The molecule has 0 saturated heterocycles. The number of carbonyl (C=O) groups is 1. The van der Waals surface area contributed by atoms with Crippen molar-refractivity contribution in [2.45, 2.75) is 32.8 Å². The third-order valence-corrected chi connectivity index (χ3v) is 2.74. The van der Waals surface area contributed by atoms with Crippen LogP contribution in [-0.2, 0) is 4.79 Å². The van der Waals surface area contributed by atoms with Crippen LogP contribution < -0.4 is 4.74 Å². The average Bonchev–Trinajstić information content (AvgIpc) is 2.20. The highest BCUT2D eigenvalue weighted by molar-refractivity contribution is 9.10. The SMILES string of the molecule is Cc1ccc(Br)cc1OC(C)CCC(=O)O. The van der Waals surface area contributed by atoms with E-state index < -0.39 is 5.97 Å². The van der Waals surface area contributed by atoms with Gasteiger partial charge in [-0.1, -0.05) is 22.0 Å². The Bertz CT molecular complexity index is 377. The number of aryl methyl sites for hydroxylation is 1. The number of hydrogen-bond acceptors (Lipinski definition) is 2. The van der Waals surface area contributed by atoms with E-state index in [9.17, 15) is 4.79 Å². The molecule has 1 atom stereocenters. The van der Waals surface area contributed by atoms with Gasteiger partial charge in [-0.15, -0.1) is 0 Å². The Morgan fingerprint density at radius 2 is 2.25 bits per heavy atom. The molecule has 1 rings (SSSR count). The molecule has 0 heterocycles. The van der Waals surface area contributed by atoms with E-state index in [1.807, 2.05) is 32.0 Å². The standard InChI is InChI=1S/C12H15BrO3/c1-8-3-5-10(13)7-11(8)16-9(2)4-6-12(14)15/h3,5,7,9H,4,6H2,1-2H3,(H,14,15). The molecule has 4 heteroatoms. The van der Waals surface area contributed by atoms with E-state index in [-0.39, 0.29) is 12.5 Å². The highest BCUT2D eigenvalue weighted by atomic mass is 79.9. The molecule has 0 aromatic heterocycles. The van der Waals surface area contributed by atoms with Crippen LogP contribution in [0.25, 0.3) is 0 Å². The zero-order valence-corrected chi connectivity index (χ0v) is 11.0. The predicted molar refractivity (Wildman–Crippen MR) is 65.8 cm³/mol. The summed E-state index contributed by atoms with van der Waals surface area (Å²) < 4.78 is 6.64. The number of carboxylic acid groups (broad SMARTS) is 1. The third-order valence-electron chi connectivity index (χ3n) is 2.24. The van der Waals surface area contributed by atoms with Gasteiger partial charge in [0.1, 0.15) is 5.75 Å². The average molecular weight is 287 g/mol. The van der Waals surface area contributed by atoms with E-state index in [1.54, 1.807) is 0 Å². The molecule has 0 amide bonds. The van der Waals surface area contributed by atoms with E-state index in [0.29, 0.717) is 6.42 Å². The van der Waals surface area contributed by atoms with Gasteiger partial charge in [-0.2, -0.15) is 0 Å². The van der Waals surface area contributed by atoms with Crippen molar-refractivity contribution < 1.29 is 14.6 Å². The highest BCUT2D eigenvalue weighted by Crippen LogP contribution is 2.24. The molecule has 3 nitrogen and oxygen atoms in total. The number of hydrogen-bond donors (Lipinski definition) is 1. The van der Waals surface area contributed by atoms with Crippen LogP contribution in [0.2, 0.25) is 0 Å². The van der Waals surface area contributed by atoms with Gasteiger partial charge in [-0.25, -0.2) is 0 Å². The Hall–Kier alpha value is -1.03. The van der Waals surface area contributed by atoms with Crippen LogP contribution in [0.1, 0.15) is 25.3 Å². The number of carboxylic acids is 1. The van der Waals surface area contributed by atoms with Crippen molar-refractivity contribution in [3.63, 3.8) is 0 Å². The second-order valence-corrected chi connectivity index (χ2v) is 4.69. The van der Waals surface area contributed by atoms with E-state index >= 15 is 0 Å². The molecule has 0 saturated carbocycles. The molecule has 1 aromatic carbocycles. The molecule has 0 fully saturated rings. The smallest absolute Gasteiger partial charge is 0.303 e. The topological polar surface area (TPSA) is 46.5 Å². The summed E-state index contributed by atoms with van der Waals surface area (Å²) in [5, 5.41) is 8.56. The zero-order valence-electron chi connectivity index (χ0n) is 9.37. The second kappa shape index (κ2) is 5.89. The van der Waals surface area contributed by atoms with Crippen molar-refractivity contribution in [3.05, 3.63) is 28.2 Å². The van der Waals surface area contributed by atoms with Crippen LogP contribution in [0, 0.1) is 6.92 Å². The van der Waals surface area contributed by atoms with Crippen molar-refractivity contribution in [2.24, 2.45) is 0 Å². The first-order valence-corrected chi connectivity index (χ1v) is 5.93. The van der Waals surface area contributed by atoms with Gasteiger partial charge >= 0.3 is 5.97 Å². The fraction of sp³-hybridized carbons (Fsp3) is 0.417. The van der Waals surface area contributed by atoms with Gasteiger partial charge in [0.25, 0.3) is 0 Å². The summed E-state index contributed by atoms with van der Waals surface area (Å²) >= 11 is 3.37. The third kappa shape index (κ3) is 4.23. The molecule has 0 aliphatic carbocycles. The number of ether oxygens (including phenoxy) is 1. The van der Waals surface area contributed by atoms with Gasteiger partial charge in [0.15, 0.2) is 0 Å². The van der Waals surface area contributed by atoms with E-state index in [4.69, 9.17) is 9.84 Å². The summed E-state index contributed by atoms with van der Waals surface area (Å²) in [5.74, 6) is 0.00804. The first-order valence-electron chi connectivity index (χ1n) is 5.13. The van der Waals surface area contributed by atoms with Crippen molar-refractivity contribution in [1.29, 1.82) is 0 Å². The Morgan fingerprint density at radius 1 is 1.56 bits per heavy atom. The van der Waals surface area contributed by atoms with Gasteiger partial charge in [-0.3, -0.25) is 4.79 Å². The van der Waals surface area contributed by atoms with Gasteiger partial charge < -0.3 is 9.84 Å². The molecule has 0 bridgehead atoms. The van der Waals surface area contributed by atoms with Gasteiger partial charge in [0.2, 0.25) is 0 Å². The summed E-state index contributed by atoms with van der Waals surface area (Å²) in [6.45, 7) is 3.84. The molecule has 16 heavy (non-hydrogen) atoms. The van der Waals surface area contributed by atoms with Crippen LogP contribution in [0.4, 0.5) is 0 Å². The summed E-state index contributed by atoms with van der Waals surface area (Å²) in [6.07, 6.45) is 0.555. The Balaban J connectivity index is 2.58. The minimum Gasteiger partial charge on any atom is -0.490 e. The minimum absolute atomic E-state index is 0.0934. The van der Waals surface area contributed by atoms with Crippen molar-refractivity contribution in [1.82, 2.24) is 0 Å². The fourth-order valence-electron chi connectivity index (χ4n) is 1.30.